The van der Waals surface area contributed by atoms with Gasteiger partial charge >= 0.3 is 11.7 Å². The van der Waals surface area contributed by atoms with E-state index in [-0.39, 0.29) is 29.2 Å². The standard InChI is InChI=1S/C6H2Cl2N2S.C6H4N2O2S.C6H7NO2S.ClH/c7-5-3-1-11-2-4(3)9-6(8)10-5;9-5-3-1-11-2-4(3)7-6(10)8-5;1-9-6(8)4-2-10-3-5(4)7;/h1-2H;1-2H,(H2,7,8,9,10);2-3H,7H2,1H3;1H. The number of nitrogens with one attached hydrogen (secondary N) is 2. The van der Waals surface area contributed by atoms with Crippen molar-refractivity contribution < 1.29 is 9.53 Å². The van der Waals surface area contributed by atoms with Gasteiger partial charge in [0.15, 0.2) is 0 Å². The largest absolute Gasteiger partial charge is 0.465 e. The summed E-state index contributed by atoms with van der Waals surface area (Å²) in [4.78, 5) is 44.9. The average molecular weight is 567 g/mol. The van der Waals surface area contributed by atoms with E-state index < -0.39 is 5.69 Å². The van der Waals surface area contributed by atoms with Crippen LogP contribution in [-0.2, 0) is 4.74 Å². The van der Waals surface area contributed by atoms with Crippen LogP contribution in [0, 0.1) is 0 Å². The van der Waals surface area contributed by atoms with Gasteiger partial charge < -0.3 is 15.5 Å². The number of esters is 1. The monoisotopic (exact) mass is 565 g/mol. The molecule has 0 saturated heterocycles. The van der Waals surface area contributed by atoms with Crippen molar-refractivity contribution in [2.45, 2.75) is 0 Å². The number of nitrogen functional groups attached to an aromatic ring is 1. The maximum absolute atomic E-state index is 11.0. The van der Waals surface area contributed by atoms with E-state index in [1.807, 2.05) is 10.8 Å². The van der Waals surface area contributed by atoms with Gasteiger partial charge in [-0.2, -0.15) is 0 Å². The number of methoxy groups -OCH3 is 1. The maximum Gasteiger partial charge on any atom is 0.340 e. The number of rotatable bonds is 1. The lowest BCUT2D eigenvalue weighted by Crippen LogP contribution is -2.20. The van der Waals surface area contributed by atoms with Crippen LogP contribution in [0.1, 0.15) is 10.4 Å². The molecule has 0 radical (unpaired) electrons. The van der Waals surface area contributed by atoms with Gasteiger partial charge in [-0.1, -0.05) is 11.6 Å². The summed E-state index contributed by atoms with van der Waals surface area (Å²) in [6, 6.07) is 0. The summed E-state index contributed by atoms with van der Waals surface area (Å²) >= 11 is 15.7. The second-order valence-corrected chi connectivity index (χ2v) is 8.72. The number of anilines is 1. The number of carbonyl (C=O) groups is 1. The van der Waals surface area contributed by atoms with Crippen molar-refractivity contribution in [3.05, 3.63) is 69.1 Å². The number of carbonyl (C=O) groups excluding carboxylic acids is 1. The highest BCUT2D eigenvalue weighted by Crippen LogP contribution is 2.24. The molecule has 0 unspecified atom stereocenters. The lowest BCUT2D eigenvalue weighted by molar-refractivity contribution is 0.0602. The first kappa shape index (κ1) is 26.8. The Balaban J connectivity index is 0.000000173. The number of nitrogens with zero attached hydrogens (tertiary/aromatic N) is 2. The second-order valence-electron chi connectivity index (χ2n) is 5.79. The third-order valence-corrected chi connectivity index (χ3v) is 6.44. The molecule has 174 valence electrons. The number of aromatic amines is 2. The minimum Gasteiger partial charge on any atom is -0.465 e. The van der Waals surface area contributed by atoms with Gasteiger partial charge in [0.25, 0.3) is 5.56 Å². The molecule has 0 fully saturated rings. The van der Waals surface area contributed by atoms with Crippen LogP contribution in [0.5, 0.6) is 0 Å². The molecule has 0 aromatic carbocycles. The van der Waals surface area contributed by atoms with Crippen LogP contribution in [0.25, 0.3) is 21.8 Å². The van der Waals surface area contributed by atoms with Crippen LogP contribution in [0.4, 0.5) is 5.69 Å². The van der Waals surface area contributed by atoms with Crippen LogP contribution >= 0.6 is 69.6 Å². The van der Waals surface area contributed by atoms with Gasteiger partial charge in [-0.05, 0) is 11.6 Å². The van der Waals surface area contributed by atoms with Gasteiger partial charge in [-0.15, -0.1) is 46.4 Å². The number of ether oxygens (including phenoxy) is 1. The Morgan fingerprint density at radius 3 is 2.30 bits per heavy atom. The molecule has 33 heavy (non-hydrogen) atoms. The predicted molar refractivity (Wildman–Crippen MR) is 138 cm³/mol. The van der Waals surface area contributed by atoms with Crippen LogP contribution in [0.15, 0.2) is 41.9 Å². The molecule has 9 nitrogen and oxygen atoms in total. The lowest BCUT2D eigenvalue weighted by atomic mass is 10.3. The number of aromatic nitrogens is 4. The van der Waals surface area contributed by atoms with Crippen LogP contribution in [0.2, 0.25) is 10.4 Å². The first-order valence-corrected chi connectivity index (χ1v) is 12.0. The summed E-state index contributed by atoms with van der Waals surface area (Å²) in [5, 5.41) is 12.6. The summed E-state index contributed by atoms with van der Waals surface area (Å²) in [6.07, 6.45) is 0. The van der Waals surface area contributed by atoms with Crippen LogP contribution in [0.3, 0.4) is 0 Å². The first-order valence-electron chi connectivity index (χ1n) is 8.43. The van der Waals surface area contributed by atoms with Crippen molar-refractivity contribution >= 4 is 103 Å². The molecule has 5 aromatic rings. The average Bonchev–Trinajstić information content (AvgIpc) is 3.49. The number of H-pyrrole nitrogens is 2. The van der Waals surface area contributed by atoms with Crippen LogP contribution < -0.4 is 17.0 Å². The minimum atomic E-state index is -0.457. The molecule has 0 spiro atoms. The number of hydrogen-bond donors (Lipinski definition) is 3. The fourth-order valence-electron chi connectivity index (χ4n) is 2.27. The molecular weight excluding hydrogens is 553 g/mol. The normalized spacial score (nSPS) is 9.91. The van der Waals surface area contributed by atoms with E-state index in [2.05, 4.69) is 24.7 Å². The summed E-state index contributed by atoms with van der Waals surface area (Å²) < 4.78 is 4.46. The highest BCUT2D eigenvalue weighted by molar-refractivity contribution is 7.09. The Morgan fingerprint density at radius 2 is 1.64 bits per heavy atom. The van der Waals surface area contributed by atoms with Crippen molar-refractivity contribution in [3.63, 3.8) is 0 Å². The second kappa shape index (κ2) is 12.1. The molecule has 0 atom stereocenters. The zero-order valence-electron chi connectivity index (χ0n) is 16.5. The van der Waals surface area contributed by atoms with Crippen molar-refractivity contribution in [1.29, 1.82) is 0 Å². The SMILES string of the molecule is COC(=O)c1cscc1N.Cl.Clc1nc(Cl)c2cscc2n1.O=c1[nH]c(=O)c2cscc2[nH]1. The van der Waals surface area contributed by atoms with E-state index in [1.165, 1.54) is 41.1 Å². The molecule has 0 aliphatic rings. The van der Waals surface area contributed by atoms with Crippen molar-refractivity contribution in [2.75, 3.05) is 12.8 Å². The van der Waals surface area contributed by atoms with Crippen molar-refractivity contribution in [1.82, 2.24) is 19.9 Å². The first-order chi connectivity index (χ1) is 15.3. The third-order valence-electron chi connectivity index (χ3n) is 3.75. The fraction of sp³-hybridized carbons (Fsp3) is 0.0556. The zero-order chi connectivity index (χ0) is 23.3. The molecule has 0 aliphatic heterocycles. The van der Waals surface area contributed by atoms with Gasteiger partial charge in [0.2, 0.25) is 5.28 Å². The van der Waals surface area contributed by atoms with E-state index in [9.17, 15) is 14.4 Å². The van der Waals surface area contributed by atoms with Gasteiger partial charge in [-0.25, -0.2) is 19.6 Å². The quantitative estimate of drug-likeness (QED) is 0.150. The summed E-state index contributed by atoms with van der Waals surface area (Å²) in [5.74, 6) is -0.376. The lowest BCUT2D eigenvalue weighted by Gasteiger charge is -1.94. The molecular formula is C18H14Cl3N5O4S3. The summed E-state index contributed by atoms with van der Waals surface area (Å²) in [7, 11) is 1.33. The molecule has 5 aromatic heterocycles. The van der Waals surface area contributed by atoms with Gasteiger partial charge in [-0.3, -0.25) is 9.78 Å². The van der Waals surface area contributed by atoms with Crippen molar-refractivity contribution in [3.8, 4) is 0 Å². The third kappa shape index (κ3) is 6.76. The molecule has 5 heterocycles. The highest BCUT2D eigenvalue weighted by Gasteiger charge is 2.09. The Labute approximate surface area is 213 Å². The summed E-state index contributed by atoms with van der Waals surface area (Å²) in [6.45, 7) is 0. The van der Waals surface area contributed by atoms with E-state index >= 15 is 0 Å². The molecule has 0 amide bonds. The van der Waals surface area contributed by atoms with Gasteiger partial charge in [0, 0.05) is 37.7 Å². The van der Waals surface area contributed by atoms with Crippen molar-refractivity contribution in [2.24, 2.45) is 0 Å². The van der Waals surface area contributed by atoms with E-state index in [0.717, 1.165) is 10.9 Å². The van der Waals surface area contributed by atoms with E-state index in [0.29, 0.717) is 27.3 Å². The molecule has 0 bridgehead atoms. The number of halogens is 3. The zero-order valence-corrected chi connectivity index (χ0v) is 21.2. The fourth-order valence-corrected chi connectivity index (χ4v) is 5.00. The van der Waals surface area contributed by atoms with E-state index in [1.54, 1.807) is 21.5 Å². The Hall–Kier alpha value is -2.48. The number of fused-ring (bicyclic) bond motifs is 2. The molecule has 0 saturated carbocycles. The maximum atomic E-state index is 11.0. The molecule has 4 N–H and O–H groups in total. The molecule has 5 rings (SSSR count). The Kier molecular flexibility index (Phi) is 9.83. The number of nitrogens with two attached hydrogens (primary N) is 1. The number of thiophene rings is 3. The summed E-state index contributed by atoms with van der Waals surface area (Å²) in [5.41, 5.74) is 6.98. The molecule has 15 heteroatoms. The number of hydrogen-bond acceptors (Lipinski definition) is 10. The van der Waals surface area contributed by atoms with Crippen LogP contribution in [-0.4, -0.2) is 33.0 Å². The predicted octanol–water partition coefficient (Wildman–Crippen LogP) is 4.81. The highest BCUT2D eigenvalue weighted by atomic mass is 35.5. The smallest absolute Gasteiger partial charge is 0.340 e. The van der Waals surface area contributed by atoms with Gasteiger partial charge in [0.05, 0.1) is 34.8 Å². The topological polar surface area (TPSA) is 144 Å². The van der Waals surface area contributed by atoms with E-state index in [4.69, 9.17) is 28.9 Å². The Bertz CT molecular complexity index is 1490. The van der Waals surface area contributed by atoms with Gasteiger partial charge in [0.1, 0.15) is 5.15 Å². The minimum absolute atomic E-state index is 0. The molecule has 0 aliphatic carbocycles. The Morgan fingerprint density at radius 1 is 0.970 bits per heavy atom.